The number of ether oxygens (including phenoxy) is 1. The Morgan fingerprint density at radius 2 is 2.00 bits per heavy atom. The number of piperidine rings is 1. The van der Waals surface area contributed by atoms with Gasteiger partial charge in [0.2, 0.25) is 5.95 Å². The van der Waals surface area contributed by atoms with Gasteiger partial charge in [-0.15, -0.1) is 0 Å². The van der Waals surface area contributed by atoms with Crippen molar-refractivity contribution in [2.45, 2.75) is 19.3 Å². The van der Waals surface area contributed by atoms with Gasteiger partial charge in [0.25, 0.3) is 6.43 Å². The van der Waals surface area contributed by atoms with Crippen LogP contribution in [0, 0.1) is 5.92 Å². The van der Waals surface area contributed by atoms with E-state index < -0.39 is 18.3 Å². The zero-order valence-electron chi connectivity index (χ0n) is 14.2. The molecule has 3 rings (SSSR count). The van der Waals surface area contributed by atoms with Crippen molar-refractivity contribution < 1.29 is 23.4 Å². The maximum absolute atomic E-state index is 13.3. The molecule has 1 aliphatic rings. The third-order valence-electron chi connectivity index (χ3n) is 4.45. The summed E-state index contributed by atoms with van der Waals surface area (Å²) >= 11 is 0. The molecule has 6 nitrogen and oxygen atoms in total. The number of benzene rings is 1. The molecule has 1 aromatic carbocycles. The molecule has 26 heavy (non-hydrogen) atoms. The van der Waals surface area contributed by atoms with E-state index in [0.29, 0.717) is 42.9 Å². The lowest BCUT2D eigenvalue weighted by Gasteiger charge is -2.30. The van der Waals surface area contributed by atoms with Gasteiger partial charge in [-0.25, -0.2) is 18.7 Å². The van der Waals surface area contributed by atoms with Crippen molar-refractivity contribution in [2.24, 2.45) is 5.92 Å². The Kier molecular flexibility index (Phi) is 5.29. The quantitative estimate of drug-likeness (QED) is 0.878. The van der Waals surface area contributed by atoms with Crippen molar-refractivity contribution in [1.82, 2.24) is 9.97 Å². The largest absolute Gasteiger partial charge is 0.497 e. The highest BCUT2D eigenvalue weighted by atomic mass is 19.3. The zero-order chi connectivity index (χ0) is 18.7. The van der Waals surface area contributed by atoms with Gasteiger partial charge < -0.3 is 14.7 Å². The Bertz CT molecular complexity index is 793. The van der Waals surface area contributed by atoms with E-state index in [9.17, 15) is 13.6 Å². The fourth-order valence-electron chi connectivity index (χ4n) is 2.96. The molecule has 1 aliphatic heterocycles. The van der Waals surface area contributed by atoms with Crippen molar-refractivity contribution in [3.05, 3.63) is 36.0 Å². The molecule has 2 heterocycles. The Hall–Kier alpha value is -2.77. The van der Waals surface area contributed by atoms with E-state index in [4.69, 9.17) is 9.84 Å². The molecule has 8 heteroatoms. The molecule has 0 aliphatic carbocycles. The first-order valence-electron chi connectivity index (χ1n) is 8.27. The van der Waals surface area contributed by atoms with Crippen molar-refractivity contribution in [3.63, 3.8) is 0 Å². The Labute approximate surface area is 149 Å². The highest BCUT2D eigenvalue weighted by Gasteiger charge is 2.27. The summed E-state index contributed by atoms with van der Waals surface area (Å²) < 4.78 is 31.8. The Balaban J connectivity index is 1.93. The summed E-state index contributed by atoms with van der Waals surface area (Å²) in [4.78, 5) is 21.3. The first-order chi connectivity index (χ1) is 12.5. The minimum atomic E-state index is -2.72. The molecule has 0 spiro atoms. The number of methoxy groups -OCH3 is 1. The summed E-state index contributed by atoms with van der Waals surface area (Å²) in [6.07, 6.45) is -1.85. The third kappa shape index (κ3) is 3.89. The maximum Gasteiger partial charge on any atom is 0.306 e. The minimum absolute atomic E-state index is 0.199. The lowest BCUT2D eigenvalue weighted by atomic mass is 9.97. The highest BCUT2D eigenvalue weighted by molar-refractivity contribution is 5.70. The van der Waals surface area contributed by atoms with E-state index in [2.05, 4.69) is 9.97 Å². The number of anilines is 1. The zero-order valence-corrected chi connectivity index (χ0v) is 14.2. The van der Waals surface area contributed by atoms with Crippen LogP contribution in [-0.4, -0.2) is 41.2 Å². The maximum atomic E-state index is 13.3. The van der Waals surface area contributed by atoms with Crippen LogP contribution in [0.4, 0.5) is 14.7 Å². The number of nitrogens with zero attached hydrogens (tertiary/aromatic N) is 3. The number of aliphatic carboxylic acids is 1. The van der Waals surface area contributed by atoms with Crippen LogP contribution in [-0.2, 0) is 4.79 Å². The summed E-state index contributed by atoms with van der Waals surface area (Å²) in [5, 5.41) is 9.09. The molecular formula is C18H19F2N3O3. The molecule has 1 N–H and O–H groups in total. The smallest absolute Gasteiger partial charge is 0.306 e. The summed E-state index contributed by atoms with van der Waals surface area (Å²) in [7, 11) is 1.53. The first-order valence-corrected chi connectivity index (χ1v) is 8.27. The molecule has 1 saturated heterocycles. The molecular weight excluding hydrogens is 344 g/mol. The van der Waals surface area contributed by atoms with Gasteiger partial charge >= 0.3 is 5.97 Å². The van der Waals surface area contributed by atoms with E-state index in [-0.39, 0.29) is 11.6 Å². The second kappa shape index (κ2) is 7.63. The monoisotopic (exact) mass is 363 g/mol. The van der Waals surface area contributed by atoms with Crippen LogP contribution in [0.1, 0.15) is 25.0 Å². The second-order valence-electron chi connectivity index (χ2n) is 6.11. The fourth-order valence-corrected chi connectivity index (χ4v) is 2.96. The van der Waals surface area contributed by atoms with Gasteiger partial charge in [0.1, 0.15) is 11.4 Å². The molecule has 0 amide bonds. The number of carboxylic acids is 1. The molecule has 0 bridgehead atoms. The number of alkyl halides is 2. The second-order valence-corrected chi connectivity index (χ2v) is 6.11. The summed E-state index contributed by atoms with van der Waals surface area (Å²) in [5.74, 6) is -0.445. The summed E-state index contributed by atoms with van der Waals surface area (Å²) in [6, 6.07) is 8.28. The molecule has 0 radical (unpaired) electrons. The summed E-state index contributed by atoms with van der Waals surface area (Å²) in [5.41, 5.74) is 0.674. The van der Waals surface area contributed by atoms with Crippen molar-refractivity contribution in [2.75, 3.05) is 25.1 Å². The molecule has 1 fully saturated rings. The lowest BCUT2D eigenvalue weighted by Crippen LogP contribution is -2.37. The van der Waals surface area contributed by atoms with Crippen molar-refractivity contribution in [3.8, 4) is 17.0 Å². The summed E-state index contributed by atoms with van der Waals surface area (Å²) in [6.45, 7) is 0.836. The Morgan fingerprint density at radius 3 is 2.62 bits per heavy atom. The predicted molar refractivity (Wildman–Crippen MR) is 91.5 cm³/mol. The average Bonchev–Trinajstić information content (AvgIpc) is 2.67. The van der Waals surface area contributed by atoms with Crippen LogP contribution in [0.5, 0.6) is 5.75 Å². The number of aromatic nitrogens is 2. The first kappa shape index (κ1) is 18.0. The topological polar surface area (TPSA) is 75.5 Å². The van der Waals surface area contributed by atoms with Crippen LogP contribution in [0.3, 0.4) is 0 Å². The number of carboxylic acid groups (broad SMARTS) is 1. The van der Waals surface area contributed by atoms with Gasteiger partial charge in [0.05, 0.1) is 18.7 Å². The number of rotatable bonds is 5. The van der Waals surface area contributed by atoms with E-state index in [0.717, 1.165) is 0 Å². The molecule has 0 atom stereocenters. The van der Waals surface area contributed by atoms with Crippen LogP contribution in [0.15, 0.2) is 30.3 Å². The molecule has 0 unspecified atom stereocenters. The normalized spacial score (nSPS) is 15.3. The SMILES string of the molecule is COc1cccc(-c2cc(C(F)F)nc(N3CCC(C(=O)O)CC3)n2)c1. The number of halogens is 2. The van der Waals surface area contributed by atoms with E-state index in [1.807, 2.05) is 0 Å². The predicted octanol–water partition coefficient (Wildman–Crippen LogP) is 3.39. The molecule has 1 aromatic heterocycles. The third-order valence-corrected chi connectivity index (χ3v) is 4.45. The minimum Gasteiger partial charge on any atom is -0.497 e. The fraction of sp³-hybridized carbons (Fsp3) is 0.389. The van der Waals surface area contributed by atoms with Gasteiger partial charge in [-0.3, -0.25) is 4.79 Å². The molecule has 0 saturated carbocycles. The van der Waals surface area contributed by atoms with Gasteiger partial charge in [0.15, 0.2) is 0 Å². The van der Waals surface area contributed by atoms with E-state index in [1.165, 1.54) is 13.2 Å². The molecule has 2 aromatic rings. The van der Waals surface area contributed by atoms with Gasteiger partial charge in [-0.05, 0) is 31.0 Å². The van der Waals surface area contributed by atoms with Crippen LogP contribution >= 0.6 is 0 Å². The van der Waals surface area contributed by atoms with Crippen molar-refractivity contribution >= 4 is 11.9 Å². The molecule has 138 valence electrons. The van der Waals surface area contributed by atoms with E-state index >= 15 is 0 Å². The van der Waals surface area contributed by atoms with Gasteiger partial charge in [-0.1, -0.05) is 12.1 Å². The van der Waals surface area contributed by atoms with Crippen LogP contribution in [0.25, 0.3) is 11.3 Å². The number of hydrogen-bond donors (Lipinski definition) is 1. The van der Waals surface area contributed by atoms with Gasteiger partial charge in [0, 0.05) is 18.7 Å². The standard InChI is InChI=1S/C18H19F2N3O3/c1-26-13-4-2-3-12(9-13)14-10-15(16(19)20)22-18(21-14)23-7-5-11(6-8-23)17(24)25/h2-4,9-11,16H,5-8H2,1H3,(H,24,25). The lowest BCUT2D eigenvalue weighted by molar-refractivity contribution is -0.142. The van der Waals surface area contributed by atoms with Crippen molar-refractivity contribution in [1.29, 1.82) is 0 Å². The highest BCUT2D eigenvalue weighted by Crippen LogP contribution is 2.29. The van der Waals surface area contributed by atoms with Crippen LogP contribution in [0.2, 0.25) is 0 Å². The van der Waals surface area contributed by atoms with E-state index in [1.54, 1.807) is 29.2 Å². The number of carbonyl (C=O) groups is 1. The number of hydrogen-bond acceptors (Lipinski definition) is 5. The average molecular weight is 363 g/mol. The van der Waals surface area contributed by atoms with Crippen LogP contribution < -0.4 is 9.64 Å². The van der Waals surface area contributed by atoms with Gasteiger partial charge in [-0.2, -0.15) is 0 Å². The Morgan fingerprint density at radius 1 is 1.27 bits per heavy atom.